The van der Waals surface area contributed by atoms with Crippen LogP contribution in [0.25, 0.3) is 0 Å². The fourth-order valence-electron chi connectivity index (χ4n) is 1.40. The van der Waals surface area contributed by atoms with Gasteiger partial charge in [-0.05, 0) is 42.8 Å². The molecule has 1 heterocycles. The monoisotopic (exact) mass is 227 g/mol. The highest BCUT2D eigenvalue weighted by molar-refractivity contribution is 7.07. The van der Waals surface area contributed by atoms with Gasteiger partial charge in [-0.15, -0.1) is 0 Å². The Bertz CT molecular complexity index is 298. The summed E-state index contributed by atoms with van der Waals surface area (Å²) >= 11 is 1.70. The molecule has 0 radical (unpaired) electrons. The minimum absolute atomic E-state index is 0.213. The van der Waals surface area contributed by atoms with Gasteiger partial charge in [-0.1, -0.05) is 0 Å². The molecule has 1 N–H and O–H groups in total. The molecule has 0 fully saturated rings. The maximum atomic E-state index is 10.4. The summed E-state index contributed by atoms with van der Waals surface area (Å²) in [6, 6.07) is 2.51. The Labute approximate surface area is 94.3 Å². The number of thiophene rings is 1. The topological polar surface area (TPSA) is 40.5 Å². The number of carboxylic acid groups (broad SMARTS) is 1. The number of carboxylic acids is 1. The third-order valence-electron chi connectivity index (χ3n) is 2.54. The first-order valence-corrected chi connectivity index (χ1v) is 5.97. The van der Waals surface area contributed by atoms with E-state index in [-0.39, 0.29) is 6.42 Å². The Morgan fingerprint density at radius 1 is 1.67 bits per heavy atom. The van der Waals surface area contributed by atoms with Gasteiger partial charge in [0.2, 0.25) is 0 Å². The Morgan fingerprint density at radius 3 is 2.93 bits per heavy atom. The second kappa shape index (κ2) is 5.88. The zero-order valence-corrected chi connectivity index (χ0v) is 9.96. The van der Waals surface area contributed by atoms with Crippen LogP contribution in [0.3, 0.4) is 0 Å². The Kier molecular flexibility index (Phi) is 4.78. The summed E-state index contributed by atoms with van der Waals surface area (Å²) < 4.78 is 0. The molecule has 0 saturated heterocycles. The van der Waals surface area contributed by atoms with E-state index < -0.39 is 5.97 Å². The lowest BCUT2D eigenvalue weighted by molar-refractivity contribution is -0.137. The van der Waals surface area contributed by atoms with E-state index in [0.717, 1.165) is 6.42 Å². The first kappa shape index (κ1) is 12.2. The van der Waals surface area contributed by atoms with Gasteiger partial charge in [-0.25, -0.2) is 0 Å². The van der Waals surface area contributed by atoms with Crippen LogP contribution >= 0.6 is 11.3 Å². The molecule has 3 nitrogen and oxygen atoms in total. The van der Waals surface area contributed by atoms with Crippen LogP contribution in [0, 0.1) is 0 Å². The molecule has 1 aromatic rings. The van der Waals surface area contributed by atoms with Crippen LogP contribution in [0.2, 0.25) is 0 Å². The zero-order valence-electron chi connectivity index (χ0n) is 9.14. The maximum absolute atomic E-state index is 10.4. The molecule has 0 aliphatic rings. The van der Waals surface area contributed by atoms with Gasteiger partial charge >= 0.3 is 5.97 Å². The molecule has 1 atom stereocenters. The number of rotatable bonds is 6. The molecule has 1 aromatic heterocycles. The molecule has 0 saturated carbocycles. The van der Waals surface area contributed by atoms with Crippen molar-refractivity contribution in [2.24, 2.45) is 0 Å². The van der Waals surface area contributed by atoms with Crippen LogP contribution in [0.15, 0.2) is 16.8 Å². The molecule has 4 heteroatoms. The number of hydrogen-bond acceptors (Lipinski definition) is 3. The third-order valence-corrected chi connectivity index (χ3v) is 3.27. The first-order valence-electron chi connectivity index (χ1n) is 5.02. The van der Waals surface area contributed by atoms with E-state index >= 15 is 0 Å². The highest BCUT2D eigenvalue weighted by Crippen LogP contribution is 2.11. The Balaban J connectivity index is 2.33. The molecular formula is C11H17NO2S. The minimum atomic E-state index is -0.732. The summed E-state index contributed by atoms with van der Waals surface area (Å²) in [4.78, 5) is 12.5. The Morgan fingerprint density at radius 2 is 2.40 bits per heavy atom. The van der Waals surface area contributed by atoms with Gasteiger partial charge < -0.3 is 10.0 Å². The van der Waals surface area contributed by atoms with Crippen LogP contribution < -0.4 is 0 Å². The minimum Gasteiger partial charge on any atom is -0.481 e. The second-order valence-electron chi connectivity index (χ2n) is 3.81. The fourth-order valence-corrected chi connectivity index (χ4v) is 2.08. The van der Waals surface area contributed by atoms with E-state index in [9.17, 15) is 4.79 Å². The van der Waals surface area contributed by atoms with Gasteiger partial charge in [0, 0.05) is 12.6 Å². The van der Waals surface area contributed by atoms with E-state index in [1.165, 1.54) is 5.56 Å². The van der Waals surface area contributed by atoms with Crippen molar-refractivity contribution in [3.8, 4) is 0 Å². The number of carbonyl (C=O) groups is 1. The van der Waals surface area contributed by atoms with Gasteiger partial charge in [0.05, 0.1) is 6.42 Å². The number of aliphatic carboxylic acids is 1. The normalized spacial score (nSPS) is 13.0. The van der Waals surface area contributed by atoms with Crippen LogP contribution in [0.5, 0.6) is 0 Å². The highest BCUT2D eigenvalue weighted by Gasteiger charge is 2.11. The van der Waals surface area contributed by atoms with Crippen molar-refractivity contribution in [1.82, 2.24) is 4.90 Å². The lowest BCUT2D eigenvalue weighted by Crippen LogP contribution is -2.32. The van der Waals surface area contributed by atoms with Gasteiger partial charge in [-0.3, -0.25) is 4.79 Å². The van der Waals surface area contributed by atoms with E-state index in [0.29, 0.717) is 12.6 Å². The highest BCUT2D eigenvalue weighted by atomic mass is 32.1. The molecule has 15 heavy (non-hydrogen) atoms. The number of nitrogens with zero attached hydrogens (tertiary/aromatic N) is 1. The average Bonchev–Trinajstić information content (AvgIpc) is 2.66. The molecular weight excluding hydrogens is 210 g/mol. The third kappa shape index (κ3) is 4.44. The average molecular weight is 227 g/mol. The van der Waals surface area contributed by atoms with Crippen LogP contribution in [-0.2, 0) is 11.2 Å². The second-order valence-corrected chi connectivity index (χ2v) is 4.59. The van der Waals surface area contributed by atoms with Gasteiger partial charge in [-0.2, -0.15) is 11.3 Å². The number of hydrogen-bond donors (Lipinski definition) is 1. The van der Waals surface area contributed by atoms with Gasteiger partial charge in [0.15, 0.2) is 0 Å². The number of likely N-dealkylation sites (N-methyl/N-ethyl adjacent to an activating group) is 1. The van der Waals surface area contributed by atoms with Crippen molar-refractivity contribution in [1.29, 1.82) is 0 Å². The maximum Gasteiger partial charge on any atom is 0.304 e. The standard InChI is InChI=1S/C11H17NO2S/c1-9(7-10-4-6-15-8-10)12(2)5-3-11(13)14/h4,6,8-9H,3,5,7H2,1-2H3,(H,13,14). The lowest BCUT2D eigenvalue weighted by atomic mass is 10.1. The summed E-state index contributed by atoms with van der Waals surface area (Å²) in [6.07, 6.45) is 1.20. The van der Waals surface area contributed by atoms with Crippen LogP contribution in [-0.4, -0.2) is 35.6 Å². The molecule has 84 valence electrons. The lowest BCUT2D eigenvalue weighted by Gasteiger charge is -2.23. The predicted octanol–water partition coefficient (Wildman–Crippen LogP) is 2.09. The summed E-state index contributed by atoms with van der Waals surface area (Å²) in [5.41, 5.74) is 1.33. The van der Waals surface area contributed by atoms with E-state index in [1.807, 2.05) is 7.05 Å². The smallest absolute Gasteiger partial charge is 0.304 e. The summed E-state index contributed by atoms with van der Waals surface area (Å²) in [7, 11) is 1.97. The zero-order chi connectivity index (χ0) is 11.3. The molecule has 0 spiro atoms. The molecule has 0 bridgehead atoms. The van der Waals surface area contributed by atoms with E-state index in [1.54, 1.807) is 11.3 Å². The van der Waals surface area contributed by atoms with Gasteiger partial charge in [0.1, 0.15) is 0 Å². The van der Waals surface area contributed by atoms with Crippen molar-refractivity contribution in [2.75, 3.05) is 13.6 Å². The van der Waals surface area contributed by atoms with Crippen LogP contribution in [0.1, 0.15) is 18.9 Å². The summed E-state index contributed by atoms with van der Waals surface area (Å²) in [6.45, 7) is 2.74. The van der Waals surface area contributed by atoms with Crippen molar-refractivity contribution < 1.29 is 9.90 Å². The molecule has 0 aliphatic heterocycles. The summed E-state index contributed by atoms with van der Waals surface area (Å²) in [5.74, 6) is -0.732. The van der Waals surface area contributed by atoms with Crippen molar-refractivity contribution in [3.63, 3.8) is 0 Å². The molecule has 1 unspecified atom stereocenters. The fraction of sp³-hybridized carbons (Fsp3) is 0.545. The van der Waals surface area contributed by atoms with Gasteiger partial charge in [0.25, 0.3) is 0 Å². The van der Waals surface area contributed by atoms with Crippen molar-refractivity contribution >= 4 is 17.3 Å². The van der Waals surface area contributed by atoms with E-state index in [2.05, 4.69) is 28.7 Å². The molecule has 0 aromatic carbocycles. The summed E-state index contributed by atoms with van der Waals surface area (Å²) in [5, 5.41) is 12.8. The van der Waals surface area contributed by atoms with Crippen LogP contribution in [0.4, 0.5) is 0 Å². The van der Waals surface area contributed by atoms with Crippen molar-refractivity contribution in [3.05, 3.63) is 22.4 Å². The molecule has 0 amide bonds. The molecule has 0 aliphatic carbocycles. The largest absolute Gasteiger partial charge is 0.481 e. The van der Waals surface area contributed by atoms with E-state index in [4.69, 9.17) is 5.11 Å². The predicted molar refractivity (Wildman–Crippen MR) is 62.4 cm³/mol. The Hall–Kier alpha value is -0.870. The quantitative estimate of drug-likeness (QED) is 0.809. The first-order chi connectivity index (χ1) is 7.09. The SMILES string of the molecule is CC(Cc1ccsc1)N(C)CCC(=O)O. The van der Waals surface area contributed by atoms with Crippen molar-refractivity contribution in [2.45, 2.75) is 25.8 Å². The molecule has 1 rings (SSSR count).